The smallest absolute Gasteiger partial charge is 0.234 e. The van der Waals surface area contributed by atoms with Crippen molar-refractivity contribution in [1.29, 1.82) is 0 Å². The van der Waals surface area contributed by atoms with Crippen LogP contribution >= 0.6 is 11.2 Å². The molecule has 0 aliphatic carbocycles. The second-order valence-corrected chi connectivity index (χ2v) is 18.3. The Morgan fingerprint density at radius 2 is 1.44 bits per heavy atom. The molecule has 166 valence electrons. The number of nitrogens with one attached hydrogen (secondary N) is 1. The Morgan fingerprint density at radius 3 is 1.63 bits per heavy atom. The Bertz CT molecular complexity index is 510. The fourth-order valence-electron chi connectivity index (χ4n) is 3.36. The molecule has 0 aromatic heterocycles. The molecule has 8 heteroatoms. The number of carbonyl (C=O) groups excluding carboxylic acids is 1. The minimum atomic E-state index is -3.46. The molecule has 0 bridgehead atoms. The first kappa shape index (κ1) is 26.9. The zero-order chi connectivity index (χ0) is 24.0. The number of sulfonamides is 1. The molecule has 0 atom stereocenters. The van der Waals surface area contributed by atoms with Crippen LogP contribution < -0.4 is 5.32 Å². The number of hydrogen-bond acceptors (Lipinski definition) is 5. The lowest BCUT2D eigenvalue weighted by atomic mass is 10.5. The molecule has 0 spiro atoms. The Morgan fingerprint density at radius 1 is 1.11 bits per heavy atom. The molecule has 0 heterocycles. The minimum absolute atomic E-state index is 0.278. The first-order valence-corrected chi connectivity index (χ1v) is 15.5. The summed E-state index contributed by atoms with van der Waals surface area (Å²) in [5, 5.41) is 2.36. The van der Waals surface area contributed by atoms with E-state index in [2.05, 4.69) is 60.7 Å². The lowest BCUT2D eigenvalue weighted by Gasteiger charge is -2.42. The van der Waals surface area contributed by atoms with Gasteiger partial charge in [-0.1, -0.05) is 61.8 Å². The van der Waals surface area contributed by atoms with Gasteiger partial charge >= 0.3 is 0 Å². The molecule has 0 fully saturated rings. The van der Waals surface area contributed by atoms with Gasteiger partial charge in [0.15, 0.2) is 0 Å². The van der Waals surface area contributed by atoms with Crippen LogP contribution in [0.5, 0.6) is 0 Å². The summed E-state index contributed by atoms with van der Waals surface area (Å²) in [5.74, 6) is 0.289. The van der Waals surface area contributed by atoms with E-state index in [1.165, 1.54) is 13.3 Å². The van der Waals surface area contributed by atoms with Crippen LogP contribution in [-0.4, -0.2) is 58.5 Å². The summed E-state index contributed by atoms with van der Waals surface area (Å²) in [6.07, 6.45) is 2.34. The molecule has 0 saturated carbocycles. The largest absolute Gasteiger partial charge is 0.323 e. The first-order valence-electron chi connectivity index (χ1n) is 10.8. The van der Waals surface area contributed by atoms with Gasteiger partial charge in [0.25, 0.3) is 0 Å². The Kier molecular flexibility index (Phi) is 15.8. The highest BCUT2D eigenvalue weighted by Crippen LogP contribution is 2.49. The molecule has 0 saturated heterocycles. The summed E-state index contributed by atoms with van der Waals surface area (Å²) in [5.41, 5.74) is 1.85. The molecule has 0 aromatic carbocycles. The van der Waals surface area contributed by atoms with Gasteiger partial charge in [-0.15, -0.1) is 0 Å². The zero-order valence-electron chi connectivity index (χ0n) is 21.4. The van der Waals surface area contributed by atoms with Crippen molar-refractivity contribution in [2.24, 2.45) is 0 Å². The minimum Gasteiger partial charge on any atom is -0.323 e. The maximum atomic E-state index is 11.6. The summed E-state index contributed by atoms with van der Waals surface area (Å²) in [6, 6.07) is 0. The van der Waals surface area contributed by atoms with Gasteiger partial charge in [-0.05, 0) is 30.7 Å². The van der Waals surface area contributed by atoms with Crippen LogP contribution in [0.4, 0.5) is 0 Å². The lowest BCUT2D eigenvalue weighted by Crippen LogP contribution is -2.43. The zero-order valence-corrected chi connectivity index (χ0v) is 22.1. The van der Waals surface area contributed by atoms with Gasteiger partial charge in [0.2, 0.25) is 15.9 Å². The number of amides is 1. The SMILES string of the molecule is CC(=O)N(CCS[Si](C(C)C)(C(C)C)C(C)C)S(C)(=O)=O.CCC.[3H]C([3H])NC. The van der Waals surface area contributed by atoms with Crippen LogP contribution in [0, 0.1) is 0 Å². The summed E-state index contributed by atoms with van der Waals surface area (Å²) in [7, 11) is -3.49. The molecule has 27 heavy (non-hydrogen) atoms. The number of hydrogen-bond donors (Lipinski definition) is 1. The van der Waals surface area contributed by atoms with Crippen LogP contribution in [0.3, 0.4) is 0 Å². The van der Waals surface area contributed by atoms with Crippen molar-refractivity contribution >= 4 is 34.4 Å². The standard InChI is InChI=1S/C14H31NO3S2Si.C3H8.C2H7N/c1-11(2)21(12(3)4,13(5)6)19-10-9-15(14(7)16)20(8,17)18;2*1-3-2/h11-13H,9-10H2,1-8H3;3H2,1-2H3;3H,1-2H3/i;;1T2. The highest BCUT2D eigenvalue weighted by molar-refractivity contribution is 8.29. The van der Waals surface area contributed by atoms with Crippen LogP contribution in [0.15, 0.2) is 0 Å². The molecule has 0 rings (SSSR count). The lowest BCUT2D eigenvalue weighted by molar-refractivity contribution is -0.124. The van der Waals surface area contributed by atoms with E-state index in [-0.39, 0.29) is 6.54 Å². The van der Waals surface area contributed by atoms with Crippen molar-refractivity contribution in [3.05, 3.63) is 0 Å². The maximum absolute atomic E-state index is 11.6. The van der Waals surface area contributed by atoms with E-state index in [4.69, 9.17) is 2.74 Å². The third-order valence-electron chi connectivity index (χ3n) is 4.11. The number of nitrogens with zero attached hydrogens (tertiary/aromatic N) is 1. The Balaban J connectivity index is -0.000000713. The highest BCUT2D eigenvalue weighted by Gasteiger charge is 2.43. The van der Waals surface area contributed by atoms with Crippen LogP contribution in [0.2, 0.25) is 16.6 Å². The van der Waals surface area contributed by atoms with Gasteiger partial charge in [-0.2, -0.15) is 11.2 Å². The van der Waals surface area contributed by atoms with E-state index < -0.39 is 30.2 Å². The average molecular weight is 447 g/mol. The van der Waals surface area contributed by atoms with Gasteiger partial charge in [0, 0.05) is 22.0 Å². The topological polar surface area (TPSA) is 66.5 Å². The van der Waals surface area contributed by atoms with Crippen LogP contribution in [0.1, 0.15) is 71.5 Å². The van der Waals surface area contributed by atoms with E-state index in [1.807, 2.05) is 11.2 Å². The van der Waals surface area contributed by atoms with Crippen LogP contribution in [0.25, 0.3) is 0 Å². The summed E-state index contributed by atoms with van der Waals surface area (Å²) < 4.78 is 37.0. The molecule has 0 aliphatic rings. The molecule has 0 unspecified atom stereocenters. The van der Waals surface area contributed by atoms with E-state index in [9.17, 15) is 13.2 Å². The first-order chi connectivity index (χ1) is 13.1. The van der Waals surface area contributed by atoms with Gasteiger partial charge < -0.3 is 5.32 Å². The van der Waals surface area contributed by atoms with E-state index in [1.54, 1.807) is 7.05 Å². The summed E-state index contributed by atoms with van der Waals surface area (Å²) in [4.78, 5) is 11.5. The molecular weight excluding hydrogens is 396 g/mol. The number of carbonyl (C=O) groups is 1. The Labute approximate surface area is 178 Å². The highest BCUT2D eigenvalue weighted by atomic mass is 32.4. The van der Waals surface area contributed by atoms with Crippen molar-refractivity contribution < 1.29 is 16.0 Å². The summed E-state index contributed by atoms with van der Waals surface area (Å²) >= 11 is 1.94. The van der Waals surface area contributed by atoms with Crippen molar-refractivity contribution in [3.8, 4) is 0 Å². The predicted octanol–water partition coefficient (Wildman–Crippen LogP) is 4.96. The monoisotopic (exact) mass is 446 g/mol. The van der Waals surface area contributed by atoms with Gasteiger partial charge in [-0.3, -0.25) is 4.79 Å². The summed E-state index contributed by atoms with van der Waals surface area (Å²) in [6.45, 7) is 18.6. The molecule has 1 amide bonds. The van der Waals surface area contributed by atoms with E-state index in [0.717, 1.165) is 10.6 Å². The predicted molar refractivity (Wildman–Crippen MR) is 127 cm³/mol. The Hall–Kier alpha value is -0.0531. The van der Waals surface area contributed by atoms with E-state index >= 15 is 0 Å². The number of rotatable bonds is 8. The normalized spacial score (nSPS) is 12.9. The quantitative estimate of drug-likeness (QED) is 0.534. The van der Waals surface area contributed by atoms with Crippen molar-refractivity contribution in [2.75, 3.05) is 32.6 Å². The third-order valence-corrected chi connectivity index (χ3v) is 18.0. The van der Waals surface area contributed by atoms with Gasteiger partial charge in [0.1, 0.15) is 7.22 Å². The van der Waals surface area contributed by atoms with Crippen molar-refractivity contribution in [2.45, 2.75) is 85.4 Å². The molecule has 5 nitrogen and oxygen atoms in total. The third kappa shape index (κ3) is 12.2. The second kappa shape index (κ2) is 15.8. The molecule has 0 aromatic rings. The average Bonchev–Trinajstić information content (AvgIpc) is 2.53. The molecule has 1 N–H and O–H groups in total. The van der Waals surface area contributed by atoms with Crippen molar-refractivity contribution in [1.82, 2.24) is 9.62 Å². The van der Waals surface area contributed by atoms with Gasteiger partial charge in [0.05, 0.1) is 6.26 Å². The fraction of sp³-hybridized carbons (Fsp3) is 0.947. The van der Waals surface area contributed by atoms with Gasteiger partial charge in [-0.25, -0.2) is 12.7 Å². The second-order valence-electron chi connectivity index (χ2n) is 7.52. The molecular formula is C19H46N2O3S2Si. The fourth-order valence-corrected chi connectivity index (χ4v) is 14.3. The van der Waals surface area contributed by atoms with E-state index in [0.29, 0.717) is 22.4 Å². The van der Waals surface area contributed by atoms with Crippen LogP contribution in [-0.2, 0) is 14.8 Å². The molecule has 0 aliphatic heterocycles. The molecule has 0 radical (unpaired) electrons. The van der Waals surface area contributed by atoms with Crippen molar-refractivity contribution in [3.63, 3.8) is 0 Å². The maximum Gasteiger partial charge on any atom is 0.234 e.